The fourth-order valence-corrected chi connectivity index (χ4v) is 7.45. The molecule has 0 bridgehead atoms. The van der Waals surface area contributed by atoms with Crippen molar-refractivity contribution in [3.8, 4) is 0 Å². The van der Waals surface area contributed by atoms with E-state index in [1.807, 2.05) is 6.08 Å². The van der Waals surface area contributed by atoms with Crippen molar-refractivity contribution in [3.63, 3.8) is 0 Å². The van der Waals surface area contributed by atoms with Crippen LogP contribution in [0.4, 0.5) is 0 Å². The van der Waals surface area contributed by atoms with Crippen LogP contribution >= 0.6 is 0 Å². The van der Waals surface area contributed by atoms with Crippen LogP contribution in [0.5, 0.6) is 0 Å². The Labute approximate surface area is 168 Å². The van der Waals surface area contributed by atoms with Crippen LogP contribution in [0.2, 0.25) is 0 Å². The second-order valence-electron chi connectivity index (χ2n) is 10.4. The molecule has 0 saturated heterocycles. The lowest BCUT2D eigenvalue weighted by atomic mass is 9.50. The first-order chi connectivity index (χ1) is 13.4. The molecule has 1 saturated carbocycles. The number of hydrogen-bond acceptors (Lipinski definition) is 2. The van der Waals surface area contributed by atoms with Crippen LogP contribution in [0.3, 0.4) is 0 Å². The van der Waals surface area contributed by atoms with Gasteiger partial charge in [-0.3, -0.25) is 4.79 Å². The lowest BCUT2D eigenvalue weighted by Crippen LogP contribution is -2.45. The first-order valence-corrected chi connectivity index (χ1v) is 11.1. The molecular weight excluding hydrogens is 344 g/mol. The summed E-state index contributed by atoms with van der Waals surface area (Å²) in [5.74, 6) is 1.43. The average molecular weight is 375 g/mol. The molecule has 0 aromatic heterocycles. The highest BCUT2D eigenvalue weighted by molar-refractivity contribution is 6.03. The van der Waals surface area contributed by atoms with Crippen LogP contribution in [0.1, 0.15) is 65.7 Å². The molecule has 0 radical (unpaired) electrons. The van der Waals surface area contributed by atoms with E-state index in [1.54, 1.807) is 16.7 Å². The van der Waals surface area contributed by atoms with Crippen molar-refractivity contribution >= 4 is 5.78 Å². The van der Waals surface area contributed by atoms with Crippen LogP contribution in [-0.4, -0.2) is 12.4 Å². The number of rotatable bonds is 2. The molecule has 0 aliphatic heterocycles. The lowest BCUT2D eigenvalue weighted by Gasteiger charge is -2.52. The third-order valence-electron chi connectivity index (χ3n) is 9.14. The average Bonchev–Trinajstić information content (AvgIpc) is 3.31. The molecule has 1 unspecified atom stereocenters. The van der Waals surface area contributed by atoms with Gasteiger partial charge < -0.3 is 4.74 Å². The first-order valence-electron chi connectivity index (χ1n) is 11.1. The van der Waals surface area contributed by atoms with Crippen molar-refractivity contribution in [2.45, 2.75) is 65.7 Å². The van der Waals surface area contributed by atoms with Crippen molar-refractivity contribution < 1.29 is 9.53 Å². The predicted octanol–water partition coefficient (Wildman–Crippen LogP) is 5.98. The number of carbonyl (C=O) groups excluding carboxylic acids is 1. The number of allylic oxidation sites excluding steroid dienone is 9. The van der Waals surface area contributed by atoms with Crippen molar-refractivity contribution in [2.24, 2.45) is 21.7 Å². The van der Waals surface area contributed by atoms with Crippen molar-refractivity contribution in [1.82, 2.24) is 0 Å². The topological polar surface area (TPSA) is 26.3 Å². The maximum atomic E-state index is 13.2. The molecule has 0 amide bonds. The molecule has 6 aliphatic rings. The zero-order valence-corrected chi connectivity index (χ0v) is 17.4. The summed E-state index contributed by atoms with van der Waals surface area (Å²) in [5.41, 5.74) is 6.40. The van der Waals surface area contributed by atoms with Gasteiger partial charge in [-0.05, 0) is 92.2 Å². The van der Waals surface area contributed by atoms with Gasteiger partial charge in [-0.15, -0.1) is 0 Å². The van der Waals surface area contributed by atoms with E-state index in [9.17, 15) is 4.79 Å². The number of hydrogen-bond donors (Lipinski definition) is 0. The Bertz CT molecular complexity index is 966. The van der Waals surface area contributed by atoms with Crippen molar-refractivity contribution in [3.05, 3.63) is 58.4 Å². The third-order valence-corrected chi connectivity index (χ3v) is 9.14. The molecule has 0 aromatic rings. The smallest absolute Gasteiger partial charge is 0.166 e. The summed E-state index contributed by atoms with van der Waals surface area (Å²) in [6.45, 7) is 7.58. The van der Waals surface area contributed by atoms with Crippen LogP contribution in [-0.2, 0) is 9.53 Å². The Morgan fingerprint density at radius 3 is 2.68 bits per heavy atom. The Morgan fingerprint density at radius 1 is 1.11 bits per heavy atom. The molecule has 6 rings (SSSR count). The summed E-state index contributed by atoms with van der Waals surface area (Å²) in [6, 6.07) is 0. The van der Waals surface area contributed by atoms with Gasteiger partial charge in [0.1, 0.15) is 5.76 Å². The highest BCUT2D eigenvalue weighted by Crippen LogP contribution is 2.74. The Morgan fingerprint density at radius 2 is 1.93 bits per heavy atom. The molecule has 6 aliphatic carbocycles. The molecule has 1 fully saturated rings. The van der Waals surface area contributed by atoms with Crippen LogP contribution in [0, 0.1) is 21.7 Å². The second-order valence-corrected chi connectivity index (χ2v) is 10.4. The van der Waals surface area contributed by atoms with E-state index < -0.39 is 0 Å². The van der Waals surface area contributed by atoms with E-state index in [2.05, 4.69) is 45.1 Å². The van der Waals surface area contributed by atoms with Gasteiger partial charge in [0.15, 0.2) is 5.78 Å². The minimum absolute atomic E-state index is 0.000283. The first kappa shape index (κ1) is 17.1. The van der Waals surface area contributed by atoms with Crippen LogP contribution in [0.25, 0.3) is 0 Å². The van der Waals surface area contributed by atoms with Crippen molar-refractivity contribution in [1.29, 1.82) is 0 Å². The van der Waals surface area contributed by atoms with Gasteiger partial charge in [-0.1, -0.05) is 31.6 Å². The van der Waals surface area contributed by atoms with Gasteiger partial charge >= 0.3 is 0 Å². The molecule has 146 valence electrons. The fourth-order valence-electron chi connectivity index (χ4n) is 7.45. The predicted molar refractivity (Wildman–Crippen MR) is 110 cm³/mol. The Kier molecular flexibility index (Phi) is 3.05. The van der Waals surface area contributed by atoms with E-state index in [0.717, 1.165) is 44.5 Å². The van der Waals surface area contributed by atoms with E-state index in [0.29, 0.717) is 11.2 Å². The normalized spacial score (nSPS) is 41.7. The zero-order chi connectivity index (χ0) is 19.4. The van der Waals surface area contributed by atoms with Crippen molar-refractivity contribution in [2.75, 3.05) is 6.61 Å². The minimum Gasteiger partial charge on any atom is -0.494 e. The summed E-state index contributed by atoms with van der Waals surface area (Å²) in [6.07, 6.45) is 19.0. The number of ether oxygens (including phenoxy) is 1. The van der Waals surface area contributed by atoms with E-state index in [4.69, 9.17) is 4.74 Å². The number of carbonyl (C=O) groups is 1. The van der Waals surface area contributed by atoms with Gasteiger partial charge in [-0.2, -0.15) is 0 Å². The highest BCUT2D eigenvalue weighted by atomic mass is 16.5. The molecule has 2 nitrogen and oxygen atoms in total. The standard InChI is InChI=1S/C26H30O2/c1-4-28-17-5-11-24(3)19-7-12-26-20(6-9-23(26,2)10-8-22(26)27)18(19)16-25(13-14-25)21(24)15-17/h5-6,8,10,15H,4,7,9,11-14,16H2,1-3H3/t23-,24?,26+/m0/s1. The molecule has 0 heterocycles. The SMILES string of the molecule is CCOC1=CCC2(C)C(=C1)C1(CC1)CC1=C2CC[C@@]23C(=O)C=C[C@]2(C)CC=C13. The van der Waals surface area contributed by atoms with Crippen LogP contribution in [0.15, 0.2) is 58.4 Å². The largest absolute Gasteiger partial charge is 0.494 e. The molecule has 3 atom stereocenters. The van der Waals surface area contributed by atoms with E-state index >= 15 is 0 Å². The van der Waals surface area contributed by atoms with E-state index in [-0.39, 0.29) is 16.2 Å². The lowest BCUT2D eigenvalue weighted by molar-refractivity contribution is -0.124. The summed E-state index contributed by atoms with van der Waals surface area (Å²) in [7, 11) is 0. The Hall–Kier alpha value is -1.83. The molecule has 0 N–H and O–H groups in total. The van der Waals surface area contributed by atoms with Gasteiger partial charge in [0.25, 0.3) is 0 Å². The van der Waals surface area contributed by atoms with Gasteiger partial charge in [0.2, 0.25) is 0 Å². The molecule has 2 heteroatoms. The maximum Gasteiger partial charge on any atom is 0.166 e. The second kappa shape index (κ2) is 5.01. The number of fused-ring (bicyclic) bond motifs is 4. The maximum absolute atomic E-state index is 13.2. The van der Waals surface area contributed by atoms with E-state index in [1.165, 1.54) is 18.4 Å². The quantitative estimate of drug-likeness (QED) is 0.594. The minimum atomic E-state index is -0.263. The Balaban J connectivity index is 1.51. The molecule has 2 spiro atoms. The summed E-state index contributed by atoms with van der Waals surface area (Å²) < 4.78 is 5.89. The molecule has 0 aromatic carbocycles. The molecular formula is C26H30O2. The monoisotopic (exact) mass is 374 g/mol. The highest BCUT2D eigenvalue weighted by Gasteiger charge is 2.65. The van der Waals surface area contributed by atoms with Gasteiger partial charge in [-0.25, -0.2) is 0 Å². The third kappa shape index (κ3) is 1.75. The van der Waals surface area contributed by atoms with Gasteiger partial charge in [0.05, 0.1) is 12.0 Å². The summed E-state index contributed by atoms with van der Waals surface area (Å²) >= 11 is 0. The summed E-state index contributed by atoms with van der Waals surface area (Å²) in [5, 5.41) is 0. The van der Waals surface area contributed by atoms with Gasteiger partial charge in [0, 0.05) is 10.8 Å². The molecule has 28 heavy (non-hydrogen) atoms. The number of ketones is 1. The van der Waals surface area contributed by atoms with Crippen LogP contribution < -0.4 is 0 Å². The fraction of sp³-hybridized carbons (Fsp3) is 0.577. The zero-order valence-electron chi connectivity index (χ0n) is 17.4. The summed E-state index contributed by atoms with van der Waals surface area (Å²) in [4.78, 5) is 13.2.